The standard InChI is InChI=1S/C10H19NO3/c1-8(4-3-7-12)11-6-5-9(11)10(13)14-2/h8-9,12H,3-7H2,1-2H3. The van der Waals surface area contributed by atoms with Crippen LogP contribution in [0.5, 0.6) is 0 Å². The predicted molar refractivity (Wildman–Crippen MR) is 52.9 cm³/mol. The molecule has 0 saturated carbocycles. The third-order valence-corrected chi connectivity index (χ3v) is 2.88. The van der Waals surface area contributed by atoms with E-state index in [-0.39, 0.29) is 18.6 Å². The van der Waals surface area contributed by atoms with Crippen molar-refractivity contribution in [2.45, 2.75) is 38.3 Å². The third kappa shape index (κ3) is 2.45. The summed E-state index contributed by atoms with van der Waals surface area (Å²) in [5.74, 6) is -0.132. The molecule has 0 spiro atoms. The number of hydrogen-bond acceptors (Lipinski definition) is 4. The van der Waals surface area contributed by atoms with Gasteiger partial charge in [-0.05, 0) is 26.2 Å². The van der Waals surface area contributed by atoms with Crippen molar-refractivity contribution in [3.8, 4) is 0 Å². The first-order chi connectivity index (χ1) is 6.70. The van der Waals surface area contributed by atoms with Gasteiger partial charge in [-0.2, -0.15) is 0 Å². The van der Waals surface area contributed by atoms with Crippen LogP contribution in [0.4, 0.5) is 0 Å². The zero-order valence-electron chi connectivity index (χ0n) is 8.90. The SMILES string of the molecule is COC(=O)C1CCN1C(C)CCCO. The number of carbonyl (C=O) groups excluding carboxylic acids is 1. The first kappa shape index (κ1) is 11.5. The van der Waals surface area contributed by atoms with E-state index >= 15 is 0 Å². The van der Waals surface area contributed by atoms with E-state index in [1.54, 1.807) is 0 Å². The molecule has 82 valence electrons. The second-order valence-electron chi connectivity index (χ2n) is 3.78. The minimum absolute atomic E-state index is 0.0475. The van der Waals surface area contributed by atoms with E-state index < -0.39 is 0 Å². The molecule has 1 aliphatic heterocycles. The Morgan fingerprint density at radius 2 is 2.43 bits per heavy atom. The quantitative estimate of drug-likeness (QED) is 0.654. The summed E-state index contributed by atoms with van der Waals surface area (Å²) < 4.78 is 4.71. The molecule has 1 N–H and O–H groups in total. The summed E-state index contributed by atoms with van der Waals surface area (Å²) in [6.45, 7) is 3.28. The lowest BCUT2D eigenvalue weighted by atomic mass is 9.98. The second-order valence-corrected chi connectivity index (χ2v) is 3.78. The number of aliphatic hydroxyl groups excluding tert-OH is 1. The molecular formula is C10H19NO3. The fourth-order valence-corrected chi connectivity index (χ4v) is 1.88. The maximum atomic E-state index is 11.3. The fraction of sp³-hybridized carbons (Fsp3) is 0.900. The summed E-state index contributed by atoms with van der Waals surface area (Å²) in [7, 11) is 1.43. The van der Waals surface area contributed by atoms with E-state index in [4.69, 9.17) is 9.84 Å². The van der Waals surface area contributed by atoms with Gasteiger partial charge in [0, 0.05) is 19.2 Å². The Labute approximate surface area is 84.8 Å². The van der Waals surface area contributed by atoms with E-state index in [1.807, 2.05) is 0 Å². The predicted octanol–water partition coefficient (Wildman–Crippen LogP) is 0.395. The lowest BCUT2D eigenvalue weighted by molar-refractivity contribution is -0.153. The van der Waals surface area contributed by atoms with Crippen molar-refractivity contribution in [3.05, 3.63) is 0 Å². The van der Waals surface area contributed by atoms with Crippen molar-refractivity contribution in [1.82, 2.24) is 4.90 Å². The van der Waals surface area contributed by atoms with E-state index in [0.717, 1.165) is 25.8 Å². The van der Waals surface area contributed by atoms with Gasteiger partial charge in [0.05, 0.1) is 7.11 Å². The highest BCUT2D eigenvalue weighted by Crippen LogP contribution is 2.23. The largest absolute Gasteiger partial charge is 0.468 e. The first-order valence-electron chi connectivity index (χ1n) is 5.15. The first-order valence-corrected chi connectivity index (χ1v) is 5.15. The average molecular weight is 201 g/mol. The van der Waals surface area contributed by atoms with E-state index in [0.29, 0.717) is 6.04 Å². The Morgan fingerprint density at radius 1 is 1.71 bits per heavy atom. The van der Waals surface area contributed by atoms with Gasteiger partial charge in [-0.25, -0.2) is 0 Å². The summed E-state index contributed by atoms with van der Waals surface area (Å²) in [5.41, 5.74) is 0. The molecule has 4 heteroatoms. The summed E-state index contributed by atoms with van der Waals surface area (Å²) in [4.78, 5) is 13.4. The van der Waals surface area contributed by atoms with Crippen molar-refractivity contribution in [2.75, 3.05) is 20.3 Å². The number of hydrogen-bond donors (Lipinski definition) is 1. The number of esters is 1. The minimum atomic E-state index is -0.132. The van der Waals surface area contributed by atoms with Crippen molar-refractivity contribution in [3.63, 3.8) is 0 Å². The molecule has 14 heavy (non-hydrogen) atoms. The monoisotopic (exact) mass is 201 g/mol. The zero-order chi connectivity index (χ0) is 10.6. The van der Waals surface area contributed by atoms with Gasteiger partial charge in [-0.3, -0.25) is 9.69 Å². The Balaban J connectivity index is 2.33. The van der Waals surface area contributed by atoms with Crippen LogP contribution in [0.3, 0.4) is 0 Å². The molecule has 0 radical (unpaired) electrons. The molecule has 2 unspecified atom stereocenters. The maximum absolute atomic E-state index is 11.3. The summed E-state index contributed by atoms with van der Waals surface area (Å²) in [6, 6.07) is 0.314. The molecule has 1 aliphatic rings. The Kier molecular flexibility index (Phi) is 4.35. The number of likely N-dealkylation sites (tertiary alicyclic amines) is 1. The lowest BCUT2D eigenvalue weighted by Gasteiger charge is -2.43. The number of methoxy groups -OCH3 is 1. The van der Waals surface area contributed by atoms with Crippen LogP contribution >= 0.6 is 0 Å². The Morgan fingerprint density at radius 3 is 2.86 bits per heavy atom. The van der Waals surface area contributed by atoms with E-state index in [1.165, 1.54) is 7.11 Å². The van der Waals surface area contributed by atoms with Crippen LogP contribution in [0.25, 0.3) is 0 Å². The molecule has 2 atom stereocenters. The van der Waals surface area contributed by atoms with Crippen LogP contribution in [0.2, 0.25) is 0 Å². The molecule has 1 rings (SSSR count). The maximum Gasteiger partial charge on any atom is 0.323 e. The fourth-order valence-electron chi connectivity index (χ4n) is 1.88. The molecular weight excluding hydrogens is 182 g/mol. The van der Waals surface area contributed by atoms with Gasteiger partial charge in [-0.15, -0.1) is 0 Å². The van der Waals surface area contributed by atoms with Crippen LogP contribution in [-0.4, -0.2) is 48.3 Å². The van der Waals surface area contributed by atoms with Gasteiger partial charge >= 0.3 is 5.97 Å². The highest BCUT2D eigenvalue weighted by atomic mass is 16.5. The summed E-state index contributed by atoms with van der Waals surface area (Å²) in [6.07, 6.45) is 2.63. The summed E-state index contributed by atoms with van der Waals surface area (Å²) in [5, 5.41) is 8.70. The molecule has 0 aromatic carbocycles. The molecule has 0 aromatic heterocycles. The normalized spacial score (nSPS) is 24.1. The number of ether oxygens (including phenoxy) is 1. The molecule has 0 aliphatic carbocycles. The highest BCUT2D eigenvalue weighted by molar-refractivity contribution is 5.76. The van der Waals surface area contributed by atoms with Gasteiger partial charge in [0.2, 0.25) is 0 Å². The van der Waals surface area contributed by atoms with Crippen molar-refractivity contribution < 1.29 is 14.6 Å². The molecule has 0 amide bonds. The van der Waals surface area contributed by atoms with Gasteiger partial charge in [-0.1, -0.05) is 0 Å². The van der Waals surface area contributed by atoms with Gasteiger partial charge in [0.25, 0.3) is 0 Å². The smallest absolute Gasteiger partial charge is 0.323 e. The van der Waals surface area contributed by atoms with Crippen LogP contribution in [-0.2, 0) is 9.53 Å². The second kappa shape index (κ2) is 5.32. The van der Waals surface area contributed by atoms with E-state index in [2.05, 4.69) is 11.8 Å². The van der Waals surface area contributed by atoms with Gasteiger partial charge in [0.1, 0.15) is 6.04 Å². The highest BCUT2D eigenvalue weighted by Gasteiger charge is 2.37. The molecule has 1 fully saturated rings. The molecule has 4 nitrogen and oxygen atoms in total. The van der Waals surface area contributed by atoms with Crippen LogP contribution in [0.1, 0.15) is 26.2 Å². The number of rotatable bonds is 5. The molecule has 0 aromatic rings. The Hall–Kier alpha value is -0.610. The molecule has 1 heterocycles. The summed E-state index contributed by atoms with van der Waals surface area (Å²) >= 11 is 0. The van der Waals surface area contributed by atoms with Crippen molar-refractivity contribution >= 4 is 5.97 Å². The number of nitrogens with zero attached hydrogens (tertiary/aromatic N) is 1. The number of carbonyl (C=O) groups is 1. The van der Waals surface area contributed by atoms with Crippen LogP contribution in [0.15, 0.2) is 0 Å². The van der Waals surface area contributed by atoms with Crippen LogP contribution < -0.4 is 0 Å². The lowest BCUT2D eigenvalue weighted by Crippen LogP contribution is -2.56. The average Bonchev–Trinajstić information content (AvgIpc) is 2.12. The van der Waals surface area contributed by atoms with Crippen molar-refractivity contribution in [2.24, 2.45) is 0 Å². The van der Waals surface area contributed by atoms with Gasteiger partial charge < -0.3 is 9.84 Å². The molecule has 1 saturated heterocycles. The molecule has 0 bridgehead atoms. The van der Waals surface area contributed by atoms with E-state index in [9.17, 15) is 4.79 Å². The minimum Gasteiger partial charge on any atom is -0.468 e. The van der Waals surface area contributed by atoms with Crippen LogP contribution in [0, 0.1) is 0 Å². The number of aliphatic hydroxyl groups is 1. The van der Waals surface area contributed by atoms with Gasteiger partial charge in [0.15, 0.2) is 0 Å². The third-order valence-electron chi connectivity index (χ3n) is 2.88. The zero-order valence-corrected chi connectivity index (χ0v) is 8.90. The Bertz CT molecular complexity index is 196. The van der Waals surface area contributed by atoms with Crippen molar-refractivity contribution in [1.29, 1.82) is 0 Å². The topological polar surface area (TPSA) is 49.8 Å².